The van der Waals surface area contributed by atoms with Gasteiger partial charge in [-0.05, 0) is 36.4 Å². The molecule has 166 valence electrons. The van der Waals surface area contributed by atoms with Crippen molar-refractivity contribution in [2.24, 2.45) is 0 Å². The molecule has 0 aliphatic heterocycles. The molecule has 0 saturated heterocycles. The van der Waals surface area contributed by atoms with Crippen molar-refractivity contribution in [2.45, 2.75) is 0 Å². The van der Waals surface area contributed by atoms with Crippen LogP contribution in [0.1, 0.15) is 0 Å². The highest BCUT2D eigenvalue weighted by Gasteiger charge is 2.10. The zero-order chi connectivity index (χ0) is 22.1. The average Bonchev–Trinajstić information content (AvgIpc) is 2.79. The zero-order valence-corrected chi connectivity index (χ0v) is 18.4. The van der Waals surface area contributed by atoms with Crippen molar-refractivity contribution >= 4 is 22.3 Å². The van der Waals surface area contributed by atoms with Crippen LogP contribution in [-0.4, -0.2) is 65.8 Å². The third kappa shape index (κ3) is 6.29. The first-order valence-corrected chi connectivity index (χ1v) is 10.4. The minimum absolute atomic E-state index is 0.107. The van der Waals surface area contributed by atoms with E-state index in [1.165, 1.54) is 0 Å². The number of pyridine rings is 1. The van der Waals surface area contributed by atoms with Gasteiger partial charge in [0, 0.05) is 61.3 Å². The minimum atomic E-state index is -0.478. The molecular weight excluding hydrogens is 397 g/mol. The fourth-order valence-electron chi connectivity index (χ4n) is 3.17. The van der Waals surface area contributed by atoms with Crippen molar-refractivity contribution in [3.8, 4) is 16.9 Å². The molecule has 3 rings (SSSR count). The van der Waals surface area contributed by atoms with Gasteiger partial charge in [0.05, 0.1) is 31.9 Å². The van der Waals surface area contributed by atoms with E-state index in [4.69, 9.17) is 14.2 Å². The molecule has 0 radical (unpaired) electrons. The van der Waals surface area contributed by atoms with Crippen LogP contribution in [0.5, 0.6) is 5.75 Å². The fraction of sp³-hybridized carbons (Fsp3) is 0.375. The second kappa shape index (κ2) is 11.5. The largest absolute Gasteiger partial charge is 0.490 e. The molecule has 1 heterocycles. The number of ether oxygens (including phenoxy) is 3. The number of benzene rings is 2. The number of hydrogen-bond donors (Lipinski definition) is 1. The first kappa shape index (κ1) is 22.8. The summed E-state index contributed by atoms with van der Waals surface area (Å²) >= 11 is 0. The molecule has 0 unspecified atom stereocenters. The number of aromatic nitrogens is 1. The van der Waals surface area contributed by atoms with Crippen LogP contribution in [0.25, 0.3) is 22.0 Å². The van der Waals surface area contributed by atoms with Gasteiger partial charge in [-0.3, -0.25) is 4.98 Å². The van der Waals surface area contributed by atoms with Crippen LogP contribution in [-0.2, 0) is 9.47 Å². The Kier molecular flexibility index (Phi) is 8.44. The normalized spacial score (nSPS) is 11.0. The summed E-state index contributed by atoms with van der Waals surface area (Å²) in [7, 11) is 5.92. The Bertz CT molecular complexity index is 981. The van der Waals surface area contributed by atoms with Crippen molar-refractivity contribution in [3.63, 3.8) is 0 Å². The van der Waals surface area contributed by atoms with Gasteiger partial charge in [-0.25, -0.2) is 4.39 Å². The SMILES string of the molecule is CNc1ccc(-c2cnc3ccc(N(C)C)cc3c2)c(OCCOCCOCCF)c1. The molecule has 0 aliphatic rings. The maximum atomic E-state index is 12.0. The van der Waals surface area contributed by atoms with Gasteiger partial charge < -0.3 is 24.4 Å². The Balaban J connectivity index is 1.74. The lowest BCUT2D eigenvalue weighted by Crippen LogP contribution is -2.12. The van der Waals surface area contributed by atoms with Crippen LogP contribution in [0.2, 0.25) is 0 Å². The molecule has 2 aromatic carbocycles. The summed E-state index contributed by atoms with van der Waals surface area (Å²) in [6.07, 6.45) is 1.87. The van der Waals surface area contributed by atoms with Crippen LogP contribution in [0.3, 0.4) is 0 Å². The maximum absolute atomic E-state index is 12.0. The van der Waals surface area contributed by atoms with Gasteiger partial charge in [0.2, 0.25) is 0 Å². The first-order chi connectivity index (χ1) is 15.1. The minimum Gasteiger partial charge on any atom is -0.490 e. The number of hydrogen-bond acceptors (Lipinski definition) is 6. The predicted octanol–water partition coefficient (Wildman–Crippen LogP) is 4.39. The van der Waals surface area contributed by atoms with Gasteiger partial charge in [-0.2, -0.15) is 0 Å². The van der Waals surface area contributed by atoms with Gasteiger partial charge in [0.1, 0.15) is 19.0 Å². The Hall–Kier alpha value is -2.90. The Morgan fingerprint density at radius 3 is 2.45 bits per heavy atom. The lowest BCUT2D eigenvalue weighted by atomic mass is 10.0. The van der Waals surface area contributed by atoms with Crippen LogP contribution in [0.4, 0.5) is 15.8 Å². The summed E-state index contributed by atoms with van der Waals surface area (Å²) in [6.45, 7) is 1.24. The fourth-order valence-corrected chi connectivity index (χ4v) is 3.17. The van der Waals surface area contributed by atoms with E-state index in [1.54, 1.807) is 0 Å². The van der Waals surface area contributed by atoms with Gasteiger partial charge in [-0.1, -0.05) is 0 Å². The molecule has 0 fully saturated rings. The number of nitrogens with one attached hydrogen (secondary N) is 1. The molecule has 3 aromatic rings. The summed E-state index contributed by atoms with van der Waals surface area (Å²) in [4.78, 5) is 6.71. The van der Waals surface area contributed by atoms with Crippen molar-refractivity contribution in [1.29, 1.82) is 0 Å². The number of fused-ring (bicyclic) bond motifs is 1. The highest BCUT2D eigenvalue weighted by molar-refractivity contribution is 5.87. The lowest BCUT2D eigenvalue weighted by molar-refractivity contribution is 0.0326. The Morgan fingerprint density at radius 2 is 1.71 bits per heavy atom. The molecule has 0 amide bonds. The average molecular weight is 428 g/mol. The quantitative estimate of drug-likeness (QED) is 0.433. The molecule has 7 heteroatoms. The highest BCUT2D eigenvalue weighted by Crippen LogP contribution is 2.34. The van der Waals surface area contributed by atoms with Crippen LogP contribution >= 0.6 is 0 Å². The Labute approximate surface area is 182 Å². The van der Waals surface area contributed by atoms with Crippen molar-refractivity contribution < 1.29 is 18.6 Å². The number of anilines is 2. The molecule has 1 N–H and O–H groups in total. The standard InChI is InChI=1S/C24H30FN3O3/c1-26-20-4-6-22(24(16-20)31-13-12-30-11-10-29-9-8-25)19-14-18-15-21(28(2)3)5-7-23(18)27-17-19/h4-7,14-17,26H,8-13H2,1-3H3. The lowest BCUT2D eigenvalue weighted by Gasteiger charge is -2.15. The van der Waals surface area contributed by atoms with Crippen molar-refractivity contribution in [3.05, 3.63) is 48.7 Å². The summed E-state index contributed by atoms with van der Waals surface area (Å²) in [6, 6.07) is 14.4. The molecule has 0 spiro atoms. The van der Waals surface area contributed by atoms with E-state index in [0.717, 1.165) is 39.2 Å². The summed E-state index contributed by atoms with van der Waals surface area (Å²) in [5.74, 6) is 0.758. The number of rotatable bonds is 12. The number of halogens is 1. The van der Waals surface area contributed by atoms with E-state index in [0.29, 0.717) is 26.4 Å². The number of nitrogens with zero attached hydrogens (tertiary/aromatic N) is 2. The van der Waals surface area contributed by atoms with Crippen LogP contribution < -0.4 is 15.0 Å². The molecule has 0 bridgehead atoms. The van der Waals surface area contributed by atoms with E-state index < -0.39 is 6.67 Å². The van der Waals surface area contributed by atoms with Gasteiger partial charge in [0.15, 0.2) is 0 Å². The molecule has 0 aliphatic carbocycles. The van der Waals surface area contributed by atoms with Gasteiger partial charge >= 0.3 is 0 Å². The van der Waals surface area contributed by atoms with E-state index in [2.05, 4.69) is 33.4 Å². The first-order valence-electron chi connectivity index (χ1n) is 10.4. The molecule has 0 atom stereocenters. The molecule has 1 aromatic heterocycles. The third-order valence-electron chi connectivity index (χ3n) is 4.84. The molecule has 31 heavy (non-hydrogen) atoms. The predicted molar refractivity (Wildman–Crippen MR) is 124 cm³/mol. The Morgan fingerprint density at radius 1 is 0.935 bits per heavy atom. The van der Waals surface area contributed by atoms with Crippen molar-refractivity contribution in [2.75, 3.05) is 71.1 Å². The topological polar surface area (TPSA) is 55.9 Å². The second-order valence-corrected chi connectivity index (χ2v) is 7.22. The van der Waals surface area contributed by atoms with E-state index in [1.807, 2.05) is 51.6 Å². The molecule has 0 saturated carbocycles. The monoisotopic (exact) mass is 427 g/mol. The van der Waals surface area contributed by atoms with Gasteiger partial charge in [0.25, 0.3) is 0 Å². The van der Waals surface area contributed by atoms with E-state index in [-0.39, 0.29) is 6.61 Å². The number of alkyl halides is 1. The molecule has 6 nitrogen and oxygen atoms in total. The van der Waals surface area contributed by atoms with Gasteiger partial charge in [-0.15, -0.1) is 0 Å². The smallest absolute Gasteiger partial charge is 0.129 e. The summed E-state index contributed by atoms with van der Waals surface area (Å²) < 4.78 is 28.6. The summed E-state index contributed by atoms with van der Waals surface area (Å²) in [5, 5.41) is 4.22. The van der Waals surface area contributed by atoms with E-state index >= 15 is 0 Å². The highest BCUT2D eigenvalue weighted by atomic mass is 19.1. The second-order valence-electron chi connectivity index (χ2n) is 7.22. The third-order valence-corrected chi connectivity index (χ3v) is 4.84. The van der Waals surface area contributed by atoms with Crippen LogP contribution in [0, 0.1) is 0 Å². The van der Waals surface area contributed by atoms with E-state index in [9.17, 15) is 4.39 Å². The van der Waals surface area contributed by atoms with Crippen molar-refractivity contribution in [1.82, 2.24) is 4.98 Å². The summed E-state index contributed by atoms with van der Waals surface area (Å²) in [5.41, 5.74) is 4.99. The maximum Gasteiger partial charge on any atom is 0.129 e. The van der Waals surface area contributed by atoms with Crippen LogP contribution in [0.15, 0.2) is 48.7 Å². The molecular formula is C24H30FN3O3. The zero-order valence-electron chi connectivity index (χ0n) is 18.4.